The molecule has 5 nitrogen and oxygen atoms in total. The van der Waals surface area contributed by atoms with E-state index in [1.165, 1.54) is 18.9 Å². The Morgan fingerprint density at radius 1 is 1.07 bits per heavy atom. The number of para-hydroxylation sites is 1. The van der Waals surface area contributed by atoms with Crippen LogP contribution in [0.15, 0.2) is 42.6 Å². The number of ether oxygens (including phenoxy) is 1. The van der Waals surface area contributed by atoms with Gasteiger partial charge in [0.1, 0.15) is 18.2 Å². The average molecular weight is 395 g/mol. The molecule has 0 N–H and O–H groups in total. The molecule has 0 atom stereocenters. The molecule has 3 heterocycles. The van der Waals surface area contributed by atoms with Gasteiger partial charge in [-0.25, -0.2) is 9.67 Å². The number of nitrogens with zero attached hydrogens (tertiary/aromatic N) is 4. The minimum absolute atomic E-state index is 0.495. The Hall–Kier alpha value is -2.18. The lowest BCUT2D eigenvalue weighted by molar-refractivity contribution is 0.0818. The van der Waals surface area contributed by atoms with Gasteiger partial charge in [0, 0.05) is 44.9 Å². The minimum Gasteiger partial charge on any atom is -0.360 e. The number of aromatic nitrogens is 3. The number of anilines is 1. The van der Waals surface area contributed by atoms with E-state index in [2.05, 4.69) is 65.9 Å². The van der Waals surface area contributed by atoms with E-state index >= 15 is 0 Å². The number of hydrogen-bond donors (Lipinski definition) is 0. The Morgan fingerprint density at radius 2 is 1.86 bits per heavy atom. The van der Waals surface area contributed by atoms with Gasteiger partial charge in [0.2, 0.25) is 0 Å². The lowest BCUT2D eigenvalue weighted by Crippen LogP contribution is -2.22. The maximum Gasteiger partial charge on any atom is 0.140 e. The van der Waals surface area contributed by atoms with E-state index < -0.39 is 8.07 Å². The van der Waals surface area contributed by atoms with Crippen LogP contribution in [0.3, 0.4) is 0 Å². The molecule has 0 saturated carbocycles. The fourth-order valence-corrected chi connectivity index (χ4v) is 4.41. The standard InChI is InChI=1S/C22H30N4OSi/c1-28(2,3)15-14-27-17-26-20-9-5-4-8-19(20)22(24-26)18-10-11-23-21(16-18)25-12-6-7-13-25/h4-5,8-11,16H,6-7,12-15,17H2,1-3H3. The van der Waals surface area contributed by atoms with Crippen LogP contribution in [0.5, 0.6) is 0 Å². The molecule has 4 rings (SSSR count). The second kappa shape index (κ2) is 8.05. The summed E-state index contributed by atoms with van der Waals surface area (Å²) in [6.45, 7) is 10.6. The first kappa shape index (κ1) is 19.1. The smallest absolute Gasteiger partial charge is 0.140 e. The SMILES string of the molecule is C[Si](C)(C)CCOCn1nc(-c2ccnc(N3CCCC3)c2)c2ccccc21. The molecular weight excluding hydrogens is 364 g/mol. The van der Waals surface area contributed by atoms with Crippen molar-refractivity contribution in [2.75, 3.05) is 24.6 Å². The highest BCUT2D eigenvalue weighted by atomic mass is 28.3. The molecular formula is C22H30N4OSi. The quantitative estimate of drug-likeness (QED) is 0.417. The number of pyridine rings is 1. The third-order valence-electron chi connectivity index (χ3n) is 5.32. The summed E-state index contributed by atoms with van der Waals surface area (Å²) in [5, 5.41) is 6.08. The van der Waals surface area contributed by atoms with Gasteiger partial charge in [-0.1, -0.05) is 37.8 Å². The molecule has 1 aliphatic heterocycles. The molecule has 3 aromatic rings. The van der Waals surface area contributed by atoms with Crippen molar-refractivity contribution >= 4 is 24.8 Å². The Morgan fingerprint density at radius 3 is 2.64 bits per heavy atom. The molecule has 0 aliphatic carbocycles. The summed E-state index contributed by atoms with van der Waals surface area (Å²) in [7, 11) is -1.08. The van der Waals surface area contributed by atoms with Gasteiger partial charge in [-0.3, -0.25) is 0 Å². The van der Waals surface area contributed by atoms with Crippen molar-refractivity contribution < 1.29 is 4.74 Å². The number of hydrogen-bond acceptors (Lipinski definition) is 4. The predicted molar refractivity (Wildman–Crippen MR) is 119 cm³/mol. The van der Waals surface area contributed by atoms with Crippen molar-refractivity contribution in [3.63, 3.8) is 0 Å². The van der Waals surface area contributed by atoms with Crippen LogP contribution in [0, 0.1) is 0 Å². The topological polar surface area (TPSA) is 43.2 Å². The van der Waals surface area contributed by atoms with Crippen LogP contribution in [-0.4, -0.2) is 42.5 Å². The summed E-state index contributed by atoms with van der Waals surface area (Å²) >= 11 is 0. The van der Waals surface area contributed by atoms with E-state index in [0.717, 1.165) is 47.7 Å². The van der Waals surface area contributed by atoms with Crippen molar-refractivity contribution in [3.05, 3.63) is 42.6 Å². The van der Waals surface area contributed by atoms with Gasteiger partial charge in [0.25, 0.3) is 0 Å². The largest absolute Gasteiger partial charge is 0.360 e. The Labute approximate surface area is 168 Å². The van der Waals surface area contributed by atoms with Crippen LogP contribution in [0.4, 0.5) is 5.82 Å². The zero-order chi connectivity index (χ0) is 19.6. The lowest BCUT2D eigenvalue weighted by Gasteiger charge is -2.16. The van der Waals surface area contributed by atoms with Crippen molar-refractivity contribution in [2.45, 2.75) is 45.3 Å². The maximum atomic E-state index is 5.97. The molecule has 0 radical (unpaired) electrons. The highest BCUT2D eigenvalue weighted by molar-refractivity contribution is 6.76. The predicted octanol–water partition coefficient (Wildman–Crippen LogP) is 5.01. The summed E-state index contributed by atoms with van der Waals surface area (Å²) in [5.74, 6) is 1.06. The fraction of sp³-hybridized carbons (Fsp3) is 0.455. The van der Waals surface area contributed by atoms with Gasteiger partial charge in [-0.15, -0.1) is 0 Å². The van der Waals surface area contributed by atoms with Crippen LogP contribution in [-0.2, 0) is 11.5 Å². The first-order chi connectivity index (χ1) is 13.5. The number of fused-ring (bicyclic) bond motifs is 1. The summed E-state index contributed by atoms with van der Waals surface area (Å²) < 4.78 is 7.96. The normalized spacial score (nSPS) is 14.9. The highest BCUT2D eigenvalue weighted by Gasteiger charge is 2.17. The van der Waals surface area contributed by atoms with Gasteiger partial charge in [-0.05, 0) is 37.1 Å². The first-order valence-electron chi connectivity index (χ1n) is 10.3. The third-order valence-corrected chi connectivity index (χ3v) is 7.02. The molecule has 148 valence electrons. The summed E-state index contributed by atoms with van der Waals surface area (Å²) in [4.78, 5) is 6.95. The average Bonchev–Trinajstić information content (AvgIpc) is 3.33. The molecule has 28 heavy (non-hydrogen) atoms. The zero-order valence-electron chi connectivity index (χ0n) is 17.2. The minimum atomic E-state index is -1.08. The fourth-order valence-electron chi connectivity index (χ4n) is 3.65. The molecule has 1 aliphatic rings. The van der Waals surface area contributed by atoms with Gasteiger partial charge in [-0.2, -0.15) is 5.10 Å². The second-order valence-electron chi connectivity index (χ2n) is 8.81. The Kier molecular flexibility index (Phi) is 5.51. The van der Waals surface area contributed by atoms with E-state index in [9.17, 15) is 0 Å². The molecule has 0 bridgehead atoms. The van der Waals surface area contributed by atoms with Crippen LogP contribution >= 0.6 is 0 Å². The van der Waals surface area contributed by atoms with Crippen molar-refractivity contribution in [3.8, 4) is 11.3 Å². The zero-order valence-corrected chi connectivity index (χ0v) is 18.2. The Bertz CT molecular complexity index is 941. The van der Waals surface area contributed by atoms with E-state index in [-0.39, 0.29) is 0 Å². The third kappa shape index (κ3) is 4.28. The Balaban J connectivity index is 1.60. The lowest BCUT2D eigenvalue weighted by atomic mass is 10.1. The van der Waals surface area contributed by atoms with E-state index in [4.69, 9.17) is 9.84 Å². The van der Waals surface area contributed by atoms with Gasteiger partial charge in [0.05, 0.1) is 5.52 Å². The molecule has 2 aromatic heterocycles. The number of rotatable bonds is 7. The van der Waals surface area contributed by atoms with E-state index in [1.807, 2.05) is 10.9 Å². The maximum absolute atomic E-state index is 5.97. The van der Waals surface area contributed by atoms with Gasteiger partial charge in [0.15, 0.2) is 0 Å². The van der Waals surface area contributed by atoms with Crippen LogP contribution in [0.25, 0.3) is 22.2 Å². The van der Waals surface area contributed by atoms with Crippen molar-refractivity contribution in [2.24, 2.45) is 0 Å². The number of benzene rings is 1. The van der Waals surface area contributed by atoms with Crippen LogP contribution in [0.2, 0.25) is 25.7 Å². The second-order valence-corrected chi connectivity index (χ2v) is 14.4. The van der Waals surface area contributed by atoms with E-state index in [0.29, 0.717) is 6.73 Å². The van der Waals surface area contributed by atoms with E-state index in [1.54, 1.807) is 0 Å². The summed E-state index contributed by atoms with van der Waals surface area (Å²) in [6, 6.07) is 13.8. The van der Waals surface area contributed by atoms with Crippen molar-refractivity contribution in [1.29, 1.82) is 0 Å². The monoisotopic (exact) mass is 394 g/mol. The molecule has 6 heteroatoms. The first-order valence-corrected chi connectivity index (χ1v) is 14.0. The molecule has 0 unspecified atom stereocenters. The van der Waals surface area contributed by atoms with Crippen LogP contribution in [0.1, 0.15) is 12.8 Å². The molecule has 1 saturated heterocycles. The summed E-state index contributed by atoms with van der Waals surface area (Å²) in [5.41, 5.74) is 3.24. The highest BCUT2D eigenvalue weighted by Crippen LogP contribution is 2.30. The summed E-state index contributed by atoms with van der Waals surface area (Å²) in [6.07, 6.45) is 4.40. The molecule has 1 fully saturated rings. The molecule has 0 amide bonds. The molecule has 0 spiro atoms. The van der Waals surface area contributed by atoms with Crippen molar-refractivity contribution in [1.82, 2.24) is 14.8 Å². The van der Waals surface area contributed by atoms with Gasteiger partial charge < -0.3 is 9.64 Å². The van der Waals surface area contributed by atoms with Crippen LogP contribution < -0.4 is 4.90 Å². The molecule has 1 aromatic carbocycles. The van der Waals surface area contributed by atoms with Gasteiger partial charge >= 0.3 is 0 Å².